The lowest BCUT2D eigenvalue weighted by molar-refractivity contribution is 0.147. The van der Waals surface area contributed by atoms with Crippen LogP contribution in [0.25, 0.3) is 0 Å². The number of nitrogens with one attached hydrogen (secondary N) is 3. The van der Waals surface area contributed by atoms with Gasteiger partial charge >= 0.3 is 6.09 Å². The zero-order valence-corrected chi connectivity index (χ0v) is 15.4. The van der Waals surface area contributed by atoms with Crippen molar-refractivity contribution in [3.05, 3.63) is 24.3 Å². The number of alkyl halides is 3. The summed E-state index contributed by atoms with van der Waals surface area (Å²) >= 11 is 22.6. The average Bonchev–Trinajstić information content (AvgIpc) is 2.46. The highest BCUT2D eigenvalue weighted by molar-refractivity contribution is 7.80. The zero-order chi connectivity index (χ0) is 17.5. The summed E-state index contributed by atoms with van der Waals surface area (Å²) in [6.45, 7) is 1.85. The normalized spacial score (nSPS) is 12.0. The largest absolute Gasteiger partial charge is 0.497 e. The summed E-state index contributed by atoms with van der Waals surface area (Å²) in [7, 11) is 1.57. The van der Waals surface area contributed by atoms with Crippen molar-refractivity contribution in [3.63, 3.8) is 0 Å². The second kappa shape index (κ2) is 9.22. The fraction of sp³-hybridized carbons (Fsp3) is 0.385. The van der Waals surface area contributed by atoms with Gasteiger partial charge in [0.2, 0.25) is 3.79 Å². The average molecular weight is 401 g/mol. The van der Waals surface area contributed by atoms with Crippen molar-refractivity contribution in [1.29, 1.82) is 0 Å². The molecule has 10 heteroatoms. The van der Waals surface area contributed by atoms with E-state index in [1.807, 2.05) is 0 Å². The van der Waals surface area contributed by atoms with Crippen LogP contribution < -0.4 is 20.7 Å². The fourth-order valence-corrected chi connectivity index (χ4v) is 2.03. The summed E-state index contributed by atoms with van der Waals surface area (Å²) in [6.07, 6.45) is -1.81. The zero-order valence-electron chi connectivity index (χ0n) is 12.4. The Balaban J connectivity index is 2.66. The van der Waals surface area contributed by atoms with Gasteiger partial charge in [-0.1, -0.05) is 34.8 Å². The molecule has 0 saturated heterocycles. The summed E-state index contributed by atoms with van der Waals surface area (Å²) < 4.78 is 7.97. The number of hydrogen-bond donors (Lipinski definition) is 3. The molecular formula is C13H16Cl3N3O3S. The van der Waals surface area contributed by atoms with Crippen LogP contribution in [0.1, 0.15) is 6.92 Å². The van der Waals surface area contributed by atoms with E-state index in [9.17, 15) is 4.79 Å². The van der Waals surface area contributed by atoms with Crippen LogP contribution in [0.4, 0.5) is 10.5 Å². The predicted molar refractivity (Wildman–Crippen MR) is 96.6 cm³/mol. The molecule has 0 saturated carbocycles. The molecular weight excluding hydrogens is 385 g/mol. The van der Waals surface area contributed by atoms with Crippen molar-refractivity contribution in [3.8, 4) is 5.75 Å². The lowest BCUT2D eigenvalue weighted by Crippen LogP contribution is -2.56. The number of hydrogen-bond acceptors (Lipinski definition) is 4. The smallest absolute Gasteiger partial charge is 0.408 e. The molecule has 1 aromatic carbocycles. The molecule has 0 aliphatic rings. The molecule has 0 aliphatic heterocycles. The molecule has 0 bridgehead atoms. The fourth-order valence-electron chi connectivity index (χ4n) is 1.46. The highest BCUT2D eigenvalue weighted by atomic mass is 35.6. The number of thiocarbonyl (C=S) groups is 1. The van der Waals surface area contributed by atoms with Gasteiger partial charge in [-0.25, -0.2) is 4.79 Å². The molecule has 23 heavy (non-hydrogen) atoms. The van der Waals surface area contributed by atoms with E-state index >= 15 is 0 Å². The van der Waals surface area contributed by atoms with E-state index in [1.54, 1.807) is 38.3 Å². The minimum Gasteiger partial charge on any atom is -0.497 e. The number of rotatable bonds is 5. The second-order valence-electron chi connectivity index (χ2n) is 4.17. The number of anilines is 1. The summed E-state index contributed by atoms with van der Waals surface area (Å²) in [6, 6.07) is 7.04. The first kappa shape index (κ1) is 19.9. The van der Waals surface area contributed by atoms with Gasteiger partial charge in [0.25, 0.3) is 0 Å². The molecule has 1 aromatic rings. The Labute approximate surface area is 154 Å². The minimum absolute atomic E-state index is 0.156. The van der Waals surface area contributed by atoms with Crippen LogP contribution in [-0.2, 0) is 4.74 Å². The number of amides is 1. The Bertz CT molecular complexity index is 538. The Hall–Kier alpha value is -1.15. The van der Waals surface area contributed by atoms with Crippen LogP contribution in [0.5, 0.6) is 5.75 Å². The number of halogens is 3. The van der Waals surface area contributed by atoms with Gasteiger partial charge in [-0.3, -0.25) is 5.32 Å². The molecule has 0 fully saturated rings. The molecule has 1 atom stereocenters. The van der Waals surface area contributed by atoms with Gasteiger partial charge in [0, 0.05) is 5.69 Å². The first-order valence-electron chi connectivity index (χ1n) is 6.47. The molecule has 0 radical (unpaired) electrons. The molecule has 1 rings (SSSR count). The maximum Gasteiger partial charge on any atom is 0.408 e. The molecule has 0 aliphatic carbocycles. The topological polar surface area (TPSA) is 71.6 Å². The quantitative estimate of drug-likeness (QED) is 0.400. The Morgan fingerprint density at radius 2 is 1.87 bits per heavy atom. The van der Waals surface area contributed by atoms with Gasteiger partial charge in [-0.15, -0.1) is 0 Å². The third-order valence-corrected chi connectivity index (χ3v) is 3.36. The Morgan fingerprint density at radius 1 is 1.26 bits per heavy atom. The van der Waals surface area contributed by atoms with Crippen LogP contribution >= 0.6 is 47.0 Å². The molecule has 0 heterocycles. The summed E-state index contributed by atoms with van der Waals surface area (Å²) in [5, 5.41) is 8.14. The molecule has 0 unspecified atom stereocenters. The molecule has 3 N–H and O–H groups in total. The maximum absolute atomic E-state index is 11.5. The first-order valence-corrected chi connectivity index (χ1v) is 8.02. The predicted octanol–water partition coefficient (Wildman–Crippen LogP) is 3.42. The molecule has 128 valence electrons. The van der Waals surface area contributed by atoms with Crippen molar-refractivity contribution >= 4 is 63.9 Å². The van der Waals surface area contributed by atoms with Gasteiger partial charge in [-0.2, -0.15) is 0 Å². The maximum atomic E-state index is 11.5. The molecule has 6 nitrogen and oxygen atoms in total. The lowest BCUT2D eigenvalue weighted by Gasteiger charge is -2.27. The molecule has 0 spiro atoms. The van der Waals surface area contributed by atoms with Gasteiger partial charge in [0.1, 0.15) is 5.75 Å². The van der Waals surface area contributed by atoms with Crippen molar-refractivity contribution in [2.24, 2.45) is 0 Å². The number of carbonyl (C=O) groups is 1. The number of methoxy groups -OCH3 is 1. The van der Waals surface area contributed by atoms with Crippen molar-refractivity contribution in [2.45, 2.75) is 16.9 Å². The summed E-state index contributed by atoms with van der Waals surface area (Å²) in [5.74, 6) is 0.706. The summed E-state index contributed by atoms with van der Waals surface area (Å²) in [5.41, 5.74) is 0.697. The van der Waals surface area contributed by atoms with E-state index in [0.717, 1.165) is 0 Å². The van der Waals surface area contributed by atoms with Crippen LogP contribution in [0, 0.1) is 0 Å². The van der Waals surface area contributed by atoms with Gasteiger partial charge < -0.3 is 20.1 Å². The van der Waals surface area contributed by atoms with Crippen LogP contribution in [0.3, 0.4) is 0 Å². The molecule has 0 aromatic heterocycles. The first-order chi connectivity index (χ1) is 10.8. The van der Waals surface area contributed by atoms with Gasteiger partial charge in [0.15, 0.2) is 11.3 Å². The van der Waals surface area contributed by atoms with Crippen LogP contribution in [-0.4, -0.2) is 34.9 Å². The number of carbonyl (C=O) groups excluding carboxylic acids is 1. The van der Waals surface area contributed by atoms with Gasteiger partial charge in [-0.05, 0) is 43.4 Å². The summed E-state index contributed by atoms with van der Waals surface area (Å²) in [4.78, 5) is 11.5. The van der Waals surface area contributed by atoms with E-state index < -0.39 is 16.1 Å². The second-order valence-corrected chi connectivity index (χ2v) is 6.94. The van der Waals surface area contributed by atoms with E-state index in [4.69, 9.17) is 56.5 Å². The van der Waals surface area contributed by atoms with Crippen molar-refractivity contribution in [1.82, 2.24) is 10.6 Å². The highest BCUT2D eigenvalue weighted by Crippen LogP contribution is 2.29. The van der Waals surface area contributed by atoms with E-state index in [0.29, 0.717) is 11.4 Å². The molecule has 1 amide bonds. The highest BCUT2D eigenvalue weighted by Gasteiger charge is 2.35. The lowest BCUT2D eigenvalue weighted by atomic mass is 10.3. The third-order valence-electron chi connectivity index (χ3n) is 2.49. The standard InChI is InChI=1S/C13H16Cl3N3O3S/c1-3-22-12(20)19-10(13(14,15)16)18-11(23)17-8-4-6-9(21-2)7-5-8/h4-7,10H,3H2,1-2H3,(H,19,20)(H2,17,18,23)/t10-/m0/s1. The van der Waals surface area contributed by atoms with Crippen molar-refractivity contribution in [2.75, 3.05) is 19.0 Å². The van der Waals surface area contributed by atoms with Crippen molar-refractivity contribution < 1.29 is 14.3 Å². The number of benzene rings is 1. The third kappa shape index (κ3) is 7.30. The Morgan fingerprint density at radius 3 is 2.35 bits per heavy atom. The monoisotopic (exact) mass is 399 g/mol. The van der Waals surface area contributed by atoms with E-state index in [-0.39, 0.29) is 11.7 Å². The van der Waals surface area contributed by atoms with E-state index in [1.165, 1.54) is 0 Å². The van der Waals surface area contributed by atoms with E-state index in [2.05, 4.69) is 16.0 Å². The number of alkyl carbamates (subject to hydrolysis) is 1. The Kier molecular flexibility index (Phi) is 7.98. The van der Waals surface area contributed by atoms with Gasteiger partial charge in [0.05, 0.1) is 13.7 Å². The SMILES string of the molecule is CCOC(=O)N[C@H](NC(=S)Nc1ccc(OC)cc1)C(Cl)(Cl)Cl. The number of ether oxygens (including phenoxy) is 2. The minimum atomic E-state index is -1.83. The van der Waals surface area contributed by atoms with Crippen LogP contribution in [0.15, 0.2) is 24.3 Å². The van der Waals surface area contributed by atoms with Crippen LogP contribution in [0.2, 0.25) is 0 Å².